The predicted octanol–water partition coefficient (Wildman–Crippen LogP) is 4.09. The molecule has 0 bridgehead atoms. The molecule has 6 heteroatoms. The summed E-state index contributed by atoms with van der Waals surface area (Å²) >= 11 is 0. The van der Waals surface area contributed by atoms with Crippen LogP contribution in [0.3, 0.4) is 0 Å². The number of aromatic nitrogens is 3. The van der Waals surface area contributed by atoms with Gasteiger partial charge in [-0.25, -0.2) is 13.8 Å². The van der Waals surface area contributed by atoms with Crippen LogP contribution in [-0.2, 0) is 0 Å². The van der Waals surface area contributed by atoms with Gasteiger partial charge in [0.05, 0.1) is 11.9 Å². The molecule has 1 fully saturated rings. The minimum Gasteiger partial charge on any atom is -0.341 e. The Kier molecular flexibility index (Phi) is 4.00. The summed E-state index contributed by atoms with van der Waals surface area (Å²) in [5, 5.41) is 3.44. The third-order valence-electron chi connectivity index (χ3n) is 4.94. The van der Waals surface area contributed by atoms with Crippen LogP contribution in [0.5, 0.6) is 0 Å². The van der Waals surface area contributed by atoms with Crippen molar-refractivity contribution in [1.82, 2.24) is 20.3 Å². The van der Waals surface area contributed by atoms with Gasteiger partial charge in [-0.2, -0.15) is 0 Å². The van der Waals surface area contributed by atoms with Crippen LogP contribution in [0.4, 0.5) is 8.78 Å². The summed E-state index contributed by atoms with van der Waals surface area (Å²) in [5.74, 6) is -0.00237. The van der Waals surface area contributed by atoms with E-state index in [-0.39, 0.29) is 18.0 Å². The lowest BCUT2D eigenvalue weighted by Gasteiger charge is -2.34. The van der Waals surface area contributed by atoms with Crippen molar-refractivity contribution >= 4 is 0 Å². The van der Waals surface area contributed by atoms with Gasteiger partial charge in [0.1, 0.15) is 23.2 Å². The molecule has 1 aromatic carbocycles. The summed E-state index contributed by atoms with van der Waals surface area (Å²) in [7, 11) is 0. The molecule has 130 valence electrons. The highest BCUT2D eigenvalue weighted by Gasteiger charge is 2.30. The molecular weight excluding hydrogens is 322 g/mol. The van der Waals surface area contributed by atoms with Gasteiger partial charge in [0, 0.05) is 30.3 Å². The molecule has 3 unspecified atom stereocenters. The minimum absolute atomic E-state index is 0.108. The van der Waals surface area contributed by atoms with Crippen molar-refractivity contribution in [3.05, 3.63) is 59.2 Å². The lowest BCUT2D eigenvalue weighted by atomic mass is 9.84. The smallest absolute Gasteiger partial charge is 0.126 e. The molecule has 2 N–H and O–H groups in total. The van der Waals surface area contributed by atoms with Crippen LogP contribution in [-0.4, -0.2) is 21.0 Å². The second kappa shape index (κ2) is 6.19. The Labute approximate surface area is 145 Å². The topological polar surface area (TPSA) is 53.6 Å². The maximum absolute atomic E-state index is 13.6. The van der Waals surface area contributed by atoms with E-state index in [1.165, 1.54) is 12.1 Å². The van der Waals surface area contributed by atoms with Gasteiger partial charge in [-0.05, 0) is 49.9 Å². The summed E-state index contributed by atoms with van der Waals surface area (Å²) in [4.78, 5) is 12.3. The van der Waals surface area contributed by atoms with Crippen LogP contribution < -0.4 is 5.32 Å². The molecule has 1 aromatic rings. The summed E-state index contributed by atoms with van der Waals surface area (Å²) in [6.07, 6.45) is 5.26. The number of aromatic amines is 1. The van der Waals surface area contributed by atoms with Crippen molar-refractivity contribution < 1.29 is 8.78 Å². The first-order valence-corrected chi connectivity index (χ1v) is 8.52. The average Bonchev–Trinajstić information content (AvgIpc) is 2.94. The number of H-pyrrole nitrogens is 1. The maximum Gasteiger partial charge on any atom is 0.126 e. The van der Waals surface area contributed by atoms with Crippen LogP contribution in [0.1, 0.15) is 48.7 Å². The van der Waals surface area contributed by atoms with Crippen LogP contribution >= 0.6 is 0 Å². The number of benzene rings is 1. The van der Waals surface area contributed by atoms with Gasteiger partial charge >= 0.3 is 0 Å². The van der Waals surface area contributed by atoms with Gasteiger partial charge in [0.25, 0.3) is 0 Å². The van der Waals surface area contributed by atoms with E-state index in [2.05, 4.69) is 27.2 Å². The highest BCUT2D eigenvalue weighted by Crippen LogP contribution is 2.36. The lowest BCUT2D eigenvalue weighted by Crippen LogP contribution is -2.38. The standard InChI is InChI=1S/C19H20F2N4/c1-10-8-22-17-9-23-19(25-18(10)17)13-3-11(2)24-16(6-13)12-4-14(20)7-15(21)5-12/h4-5,7-9,11,13,16,24H,3,6H2,1-2H3,(H,23,25). The van der Waals surface area contributed by atoms with Gasteiger partial charge < -0.3 is 10.3 Å². The van der Waals surface area contributed by atoms with E-state index in [0.29, 0.717) is 5.56 Å². The summed E-state index contributed by atoms with van der Waals surface area (Å²) in [6, 6.07) is 3.83. The van der Waals surface area contributed by atoms with E-state index in [0.717, 1.165) is 41.7 Å². The molecule has 4 nitrogen and oxygen atoms in total. The molecular formula is C19H20F2N4. The van der Waals surface area contributed by atoms with E-state index in [1.807, 2.05) is 13.1 Å². The number of nitrogens with zero attached hydrogens (tertiary/aromatic N) is 2. The first kappa shape index (κ1) is 16.1. The first-order valence-electron chi connectivity index (χ1n) is 8.52. The molecule has 1 saturated heterocycles. The molecule has 0 aliphatic carbocycles. The number of hydrogen-bond acceptors (Lipinski definition) is 3. The van der Waals surface area contributed by atoms with E-state index in [4.69, 9.17) is 0 Å². The fourth-order valence-electron chi connectivity index (χ4n) is 3.78. The number of hydrogen-bond donors (Lipinski definition) is 2. The molecule has 3 aliphatic heterocycles. The predicted molar refractivity (Wildman–Crippen MR) is 91.4 cm³/mol. The Hall–Kier alpha value is -2.34. The Balaban J connectivity index is 1.65. The van der Waals surface area contributed by atoms with Gasteiger partial charge in [-0.15, -0.1) is 0 Å². The van der Waals surface area contributed by atoms with Crippen LogP contribution in [0, 0.1) is 18.6 Å². The fraction of sp³-hybridized carbons (Fsp3) is 0.368. The molecule has 25 heavy (non-hydrogen) atoms. The number of rotatable bonds is 2. The van der Waals surface area contributed by atoms with E-state index in [9.17, 15) is 8.78 Å². The van der Waals surface area contributed by atoms with E-state index in [1.54, 1.807) is 6.20 Å². The zero-order chi connectivity index (χ0) is 17.6. The molecule has 0 radical (unpaired) electrons. The highest BCUT2D eigenvalue weighted by atomic mass is 19.1. The van der Waals surface area contributed by atoms with E-state index < -0.39 is 11.6 Å². The SMILES string of the molecule is Cc1cnc2cnc(C3CC(C)NC(c4cc(F)cc(F)c4)C3)[nH]c1-2. The quantitative estimate of drug-likeness (QED) is 0.737. The monoisotopic (exact) mass is 342 g/mol. The zero-order valence-corrected chi connectivity index (χ0v) is 14.2. The average molecular weight is 342 g/mol. The maximum atomic E-state index is 13.6. The number of nitrogens with one attached hydrogen (secondary N) is 2. The number of fused-ring (bicyclic) bond motifs is 1. The molecule has 0 amide bonds. The molecule has 3 heterocycles. The van der Waals surface area contributed by atoms with Crippen molar-refractivity contribution in [2.24, 2.45) is 0 Å². The lowest BCUT2D eigenvalue weighted by molar-refractivity contribution is 0.298. The first-order chi connectivity index (χ1) is 12.0. The van der Waals surface area contributed by atoms with Crippen LogP contribution in [0.25, 0.3) is 11.4 Å². The van der Waals surface area contributed by atoms with Crippen molar-refractivity contribution in [1.29, 1.82) is 0 Å². The Bertz CT molecular complexity index is 856. The van der Waals surface area contributed by atoms with Gasteiger partial charge in [0.2, 0.25) is 0 Å². The molecule has 0 aromatic heterocycles. The van der Waals surface area contributed by atoms with Crippen molar-refractivity contribution in [2.45, 2.75) is 44.7 Å². The largest absolute Gasteiger partial charge is 0.341 e. The second-order valence-electron chi connectivity index (χ2n) is 6.96. The molecule has 4 rings (SSSR count). The van der Waals surface area contributed by atoms with Crippen molar-refractivity contribution in [3.8, 4) is 11.4 Å². The van der Waals surface area contributed by atoms with Crippen LogP contribution in [0.2, 0.25) is 0 Å². The normalized spacial score (nSPS) is 23.9. The zero-order valence-electron chi connectivity index (χ0n) is 14.2. The summed E-state index contributed by atoms with van der Waals surface area (Å²) < 4.78 is 27.2. The minimum atomic E-state index is -0.545. The Morgan fingerprint density at radius 2 is 1.80 bits per heavy atom. The van der Waals surface area contributed by atoms with Gasteiger partial charge in [-0.1, -0.05) is 0 Å². The number of aryl methyl sites for hydroxylation is 1. The highest BCUT2D eigenvalue weighted by molar-refractivity contribution is 5.59. The molecule has 3 aliphatic rings. The fourth-order valence-corrected chi connectivity index (χ4v) is 3.78. The molecule has 0 saturated carbocycles. The number of piperidine rings is 1. The van der Waals surface area contributed by atoms with Crippen LogP contribution in [0.15, 0.2) is 30.6 Å². The van der Waals surface area contributed by atoms with Crippen molar-refractivity contribution in [3.63, 3.8) is 0 Å². The van der Waals surface area contributed by atoms with E-state index >= 15 is 0 Å². The third kappa shape index (κ3) is 3.14. The Morgan fingerprint density at radius 1 is 1.04 bits per heavy atom. The van der Waals surface area contributed by atoms with Gasteiger partial charge in [0.15, 0.2) is 0 Å². The van der Waals surface area contributed by atoms with Gasteiger partial charge in [-0.3, -0.25) is 4.98 Å². The summed E-state index contributed by atoms with van der Waals surface area (Å²) in [6.45, 7) is 4.10. The molecule has 0 spiro atoms. The summed E-state index contributed by atoms with van der Waals surface area (Å²) in [5.41, 5.74) is 3.59. The third-order valence-corrected chi connectivity index (χ3v) is 4.94. The molecule has 3 atom stereocenters. The second-order valence-corrected chi connectivity index (χ2v) is 6.96. The number of halogens is 2. The van der Waals surface area contributed by atoms with Crippen molar-refractivity contribution in [2.75, 3.05) is 0 Å². The Morgan fingerprint density at radius 3 is 2.56 bits per heavy atom.